The lowest BCUT2D eigenvalue weighted by molar-refractivity contribution is -0.870. The van der Waals surface area contributed by atoms with Gasteiger partial charge in [0.05, 0.1) is 33.9 Å². The third-order valence-electron chi connectivity index (χ3n) is 10.5. The van der Waals surface area contributed by atoms with Crippen molar-refractivity contribution in [2.45, 2.75) is 212 Å². The van der Waals surface area contributed by atoms with Gasteiger partial charge in [-0.05, 0) is 38.5 Å². The molecule has 11 heteroatoms. The Morgan fingerprint density at radius 1 is 0.590 bits per heavy atom. The monoisotopic (exact) mass is 883 g/mol. The molecule has 0 amide bonds. The van der Waals surface area contributed by atoms with Crippen LogP contribution in [0.3, 0.4) is 0 Å². The van der Waals surface area contributed by atoms with Crippen LogP contribution in [0, 0.1) is 0 Å². The summed E-state index contributed by atoms with van der Waals surface area (Å²) in [6.07, 6.45) is 46.4. The van der Waals surface area contributed by atoms with E-state index in [-0.39, 0.29) is 38.1 Å². The molecule has 0 aliphatic rings. The highest BCUT2D eigenvalue weighted by Gasteiger charge is 2.27. The van der Waals surface area contributed by atoms with E-state index in [0.29, 0.717) is 23.9 Å². The van der Waals surface area contributed by atoms with E-state index >= 15 is 0 Å². The lowest BCUT2D eigenvalue weighted by atomic mass is 10.0. The first-order chi connectivity index (χ1) is 29.4. The Labute approximate surface area is 374 Å². The summed E-state index contributed by atoms with van der Waals surface area (Å²) in [5.74, 6) is -0.885. The summed E-state index contributed by atoms with van der Waals surface area (Å²) in [5.41, 5.74) is 0. The maximum Gasteiger partial charge on any atom is 0.472 e. The number of aliphatic hydroxyl groups is 1. The second kappa shape index (κ2) is 41.9. The molecular formula is C50H93NO9P+. The van der Waals surface area contributed by atoms with Crippen LogP contribution in [0.15, 0.2) is 48.6 Å². The van der Waals surface area contributed by atoms with Crippen molar-refractivity contribution < 1.29 is 47.2 Å². The minimum absolute atomic E-state index is 0.0131. The summed E-state index contributed by atoms with van der Waals surface area (Å²) in [7, 11) is 1.41. The quantitative estimate of drug-likeness (QED) is 0.0153. The van der Waals surface area contributed by atoms with Gasteiger partial charge in [0.25, 0.3) is 0 Å². The lowest BCUT2D eigenvalue weighted by Crippen LogP contribution is -2.37. The van der Waals surface area contributed by atoms with Crippen LogP contribution < -0.4 is 0 Å². The third-order valence-corrected chi connectivity index (χ3v) is 11.5. The summed E-state index contributed by atoms with van der Waals surface area (Å²) in [6.45, 7) is 4.24. The van der Waals surface area contributed by atoms with E-state index in [9.17, 15) is 24.2 Å². The molecule has 0 spiro atoms. The zero-order valence-electron chi connectivity index (χ0n) is 39.8. The van der Waals surface area contributed by atoms with E-state index < -0.39 is 26.5 Å². The molecule has 356 valence electrons. The number of carbonyl (C=O) groups is 2. The number of hydrogen-bond donors (Lipinski definition) is 2. The Morgan fingerprint density at radius 3 is 1.64 bits per heavy atom. The van der Waals surface area contributed by atoms with E-state index in [0.717, 1.165) is 57.8 Å². The smallest absolute Gasteiger partial charge is 0.462 e. The zero-order valence-corrected chi connectivity index (χ0v) is 40.6. The van der Waals surface area contributed by atoms with E-state index in [1.165, 1.54) is 103 Å². The molecule has 0 aliphatic heterocycles. The lowest BCUT2D eigenvalue weighted by Gasteiger charge is -2.24. The molecule has 3 atom stereocenters. The van der Waals surface area contributed by atoms with Gasteiger partial charge in [0.15, 0.2) is 6.10 Å². The Morgan fingerprint density at radius 2 is 1.08 bits per heavy atom. The minimum atomic E-state index is -4.40. The number of carbonyl (C=O) groups excluding carboxylic acids is 2. The number of phosphoric acid groups is 1. The van der Waals surface area contributed by atoms with Crippen LogP contribution in [0.2, 0.25) is 0 Å². The van der Waals surface area contributed by atoms with Crippen LogP contribution in [0.1, 0.15) is 200 Å². The van der Waals surface area contributed by atoms with Gasteiger partial charge in [0.2, 0.25) is 0 Å². The number of ether oxygens (including phenoxy) is 2. The number of unbranched alkanes of at least 4 members (excludes halogenated alkanes) is 21. The zero-order chi connectivity index (χ0) is 45.1. The molecule has 0 saturated carbocycles. The molecule has 0 radical (unpaired) electrons. The molecule has 10 nitrogen and oxygen atoms in total. The van der Waals surface area contributed by atoms with Crippen LogP contribution in [0.4, 0.5) is 0 Å². The number of nitrogens with zero attached hydrogens (tertiary/aromatic N) is 1. The van der Waals surface area contributed by atoms with Gasteiger partial charge in [-0.25, -0.2) is 4.57 Å². The Kier molecular flexibility index (Phi) is 40.5. The van der Waals surface area contributed by atoms with Gasteiger partial charge in [-0.3, -0.25) is 18.6 Å². The average Bonchev–Trinajstić information content (AvgIpc) is 3.21. The highest BCUT2D eigenvalue weighted by Crippen LogP contribution is 2.43. The predicted molar refractivity (Wildman–Crippen MR) is 253 cm³/mol. The highest BCUT2D eigenvalue weighted by molar-refractivity contribution is 7.47. The molecule has 0 bridgehead atoms. The van der Waals surface area contributed by atoms with Gasteiger partial charge in [-0.1, -0.05) is 197 Å². The van der Waals surface area contributed by atoms with Crippen LogP contribution >= 0.6 is 7.82 Å². The number of quaternary nitrogens is 1. The SMILES string of the molecule is CCCCCCCCCCCCCCCCCCCCCC(=O)OC[C@H](COP(=O)(O)OCC[N+](C)(C)C)OC(=O)CCC/C=C\C/C=C\C/C=C\C=C\[C@@H](O)CCCCC. The maximum atomic E-state index is 12.7. The normalized spacial score (nSPS) is 14.4. The standard InChI is InChI=1S/C50H92NO9P/c1-6-8-10-11-12-13-14-15-16-17-18-19-20-21-24-27-30-33-37-41-49(53)57-45-48(46-59-61(55,56)58-44-43-51(3,4)5)60-50(54)42-38-34-31-28-25-22-23-26-29-32-36-40-47(52)39-35-9-7-2/h22-23,28-29,31-32,36,40,47-48,52H,6-21,24-27,30,33-35,37-39,41-46H2,1-5H3/p+1/b23-22-,31-28-,32-29-,40-36+/t47-,48+/m0/s1. The summed E-state index contributed by atoms with van der Waals surface area (Å²) < 4.78 is 34.3. The Balaban J connectivity index is 4.39. The van der Waals surface area contributed by atoms with Crippen molar-refractivity contribution in [3.63, 3.8) is 0 Å². The summed E-state index contributed by atoms with van der Waals surface area (Å²) in [4.78, 5) is 35.5. The van der Waals surface area contributed by atoms with Crippen LogP contribution in [-0.4, -0.2) is 86.1 Å². The number of rotatable bonds is 44. The van der Waals surface area contributed by atoms with Crippen LogP contribution in [0.25, 0.3) is 0 Å². The van der Waals surface area contributed by atoms with Gasteiger partial charge in [-0.15, -0.1) is 0 Å². The fourth-order valence-corrected chi connectivity index (χ4v) is 7.33. The number of likely N-dealkylation sites (N-methyl/N-ethyl adjacent to an activating group) is 1. The van der Waals surface area contributed by atoms with Crippen molar-refractivity contribution >= 4 is 19.8 Å². The third kappa shape index (κ3) is 45.8. The number of esters is 2. The predicted octanol–water partition coefficient (Wildman–Crippen LogP) is 13.2. The number of phosphoric ester groups is 1. The molecular weight excluding hydrogens is 790 g/mol. The minimum Gasteiger partial charge on any atom is -0.462 e. The van der Waals surface area contributed by atoms with Crippen molar-refractivity contribution in [3.8, 4) is 0 Å². The molecule has 0 rings (SSSR count). The van der Waals surface area contributed by atoms with Crippen molar-refractivity contribution in [2.24, 2.45) is 0 Å². The van der Waals surface area contributed by atoms with Crippen LogP contribution in [-0.2, 0) is 32.7 Å². The number of allylic oxidation sites excluding steroid dienone is 7. The molecule has 2 N–H and O–H groups in total. The van der Waals surface area contributed by atoms with Gasteiger partial charge < -0.3 is 24.0 Å². The Hall–Kier alpha value is -2.07. The van der Waals surface area contributed by atoms with Crippen LogP contribution in [0.5, 0.6) is 0 Å². The van der Waals surface area contributed by atoms with Gasteiger partial charge in [0, 0.05) is 12.8 Å². The van der Waals surface area contributed by atoms with Crippen molar-refractivity contribution in [1.82, 2.24) is 0 Å². The average molecular weight is 883 g/mol. The fraction of sp³-hybridized carbons (Fsp3) is 0.800. The number of hydrogen-bond acceptors (Lipinski definition) is 8. The van der Waals surface area contributed by atoms with E-state index in [4.69, 9.17) is 18.5 Å². The second-order valence-corrected chi connectivity index (χ2v) is 19.2. The maximum absolute atomic E-state index is 12.7. The van der Waals surface area contributed by atoms with Gasteiger partial charge >= 0.3 is 19.8 Å². The molecule has 1 unspecified atom stereocenters. The van der Waals surface area contributed by atoms with Crippen molar-refractivity contribution in [3.05, 3.63) is 48.6 Å². The Bertz CT molecular complexity index is 1200. The second-order valence-electron chi connectivity index (χ2n) is 17.7. The first kappa shape index (κ1) is 58.9. The summed E-state index contributed by atoms with van der Waals surface area (Å²) >= 11 is 0. The highest BCUT2D eigenvalue weighted by atomic mass is 31.2. The molecule has 0 fully saturated rings. The number of aliphatic hydroxyl groups excluding tert-OH is 1. The largest absolute Gasteiger partial charge is 0.472 e. The molecule has 0 aromatic rings. The summed E-state index contributed by atoms with van der Waals surface area (Å²) in [5, 5.41) is 9.92. The molecule has 0 heterocycles. The first-order valence-electron chi connectivity index (χ1n) is 24.5. The van der Waals surface area contributed by atoms with Crippen molar-refractivity contribution in [1.29, 1.82) is 0 Å². The van der Waals surface area contributed by atoms with E-state index in [1.54, 1.807) is 0 Å². The molecule has 61 heavy (non-hydrogen) atoms. The van der Waals surface area contributed by atoms with Gasteiger partial charge in [0.1, 0.15) is 19.8 Å². The summed E-state index contributed by atoms with van der Waals surface area (Å²) in [6, 6.07) is 0. The van der Waals surface area contributed by atoms with Crippen molar-refractivity contribution in [2.75, 3.05) is 47.5 Å². The van der Waals surface area contributed by atoms with E-state index in [2.05, 4.69) is 26.0 Å². The first-order valence-corrected chi connectivity index (χ1v) is 26.0. The molecule has 0 aliphatic carbocycles. The molecule has 0 aromatic heterocycles. The van der Waals surface area contributed by atoms with Gasteiger partial charge in [-0.2, -0.15) is 0 Å². The van der Waals surface area contributed by atoms with E-state index in [1.807, 2.05) is 57.6 Å². The molecule has 0 aromatic carbocycles. The topological polar surface area (TPSA) is 129 Å². The molecule has 0 saturated heterocycles. The fourth-order valence-electron chi connectivity index (χ4n) is 6.59.